The van der Waals surface area contributed by atoms with Crippen molar-refractivity contribution in [3.05, 3.63) is 36.7 Å². The van der Waals surface area contributed by atoms with E-state index in [1.54, 1.807) is 30.5 Å². The van der Waals surface area contributed by atoms with Crippen LogP contribution in [0.15, 0.2) is 36.7 Å². The van der Waals surface area contributed by atoms with Crippen molar-refractivity contribution in [3.63, 3.8) is 0 Å². The van der Waals surface area contributed by atoms with Gasteiger partial charge in [0.05, 0.1) is 30.7 Å². The molecule has 0 spiro atoms. The van der Waals surface area contributed by atoms with Crippen LogP contribution in [-0.4, -0.2) is 39.4 Å². The molecule has 0 aliphatic carbocycles. The number of alkyl halides is 2. The first-order valence-corrected chi connectivity index (χ1v) is 6.42. The lowest BCUT2D eigenvalue weighted by molar-refractivity contribution is -0.118. The molecule has 3 rings (SSSR count). The van der Waals surface area contributed by atoms with E-state index in [1.165, 1.54) is 10.9 Å². The predicted molar refractivity (Wildman–Crippen MR) is 71.3 cm³/mol. The average Bonchev–Trinajstić information content (AvgIpc) is 3.08. The smallest absolute Gasteiger partial charge is 0.262 e. The van der Waals surface area contributed by atoms with Crippen molar-refractivity contribution in [2.75, 3.05) is 11.9 Å². The number of amides is 1. The molecule has 1 fully saturated rings. The van der Waals surface area contributed by atoms with Crippen LogP contribution in [0.25, 0.3) is 5.69 Å². The highest BCUT2D eigenvalue weighted by atomic mass is 19.3. The maximum Gasteiger partial charge on any atom is 0.262 e. The molecule has 2 heterocycles. The van der Waals surface area contributed by atoms with E-state index in [4.69, 9.17) is 0 Å². The maximum atomic E-state index is 13.1. The highest BCUT2D eigenvalue weighted by molar-refractivity contribution is 5.95. The van der Waals surface area contributed by atoms with E-state index in [1.807, 2.05) is 0 Å². The Kier molecular flexibility index (Phi) is 3.38. The molecule has 8 heteroatoms. The van der Waals surface area contributed by atoms with Crippen LogP contribution in [0.1, 0.15) is 6.42 Å². The minimum atomic E-state index is -2.83. The molecule has 1 unspecified atom stereocenters. The number of nitrogens with zero attached hydrogens (tertiary/aromatic N) is 3. The third-order valence-electron chi connectivity index (χ3n) is 3.23. The number of carbonyl (C=O) groups is 1. The van der Waals surface area contributed by atoms with Crippen LogP contribution in [0.5, 0.6) is 0 Å². The molecule has 1 atom stereocenters. The van der Waals surface area contributed by atoms with Crippen LogP contribution >= 0.6 is 0 Å². The van der Waals surface area contributed by atoms with Crippen molar-refractivity contribution in [3.8, 4) is 5.69 Å². The number of anilines is 1. The van der Waals surface area contributed by atoms with Gasteiger partial charge >= 0.3 is 0 Å². The Morgan fingerprint density at radius 2 is 2.33 bits per heavy atom. The second kappa shape index (κ2) is 5.21. The summed E-state index contributed by atoms with van der Waals surface area (Å²) in [5.74, 6) is -3.30. The molecule has 1 aromatic carbocycles. The number of halogens is 2. The van der Waals surface area contributed by atoms with Gasteiger partial charge in [-0.2, -0.15) is 0 Å². The SMILES string of the molecule is O=C(Nc1cccc(-n2ccnn2)c1)C1CC(F)(F)CN1. The number of hydrogen-bond acceptors (Lipinski definition) is 4. The van der Waals surface area contributed by atoms with Gasteiger partial charge in [0.1, 0.15) is 0 Å². The van der Waals surface area contributed by atoms with Crippen molar-refractivity contribution in [1.29, 1.82) is 0 Å². The summed E-state index contributed by atoms with van der Waals surface area (Å²) in [4.78, 5) is 12.0. The summed E-state index contributed by atoms with van der Waals surface area (Å²) in [5.41, 5.74) is 1.24. The summed E-state index contributed by atoms with van der Waals surface area (Å²) < 4.78 is 27.7. The summed E-state index contributed by atoms with van der Waals surface area (Å²) in [7, 11) is 0. The molecule has 0 saturated carbocycles. The molecule has 110 valence electrons. The third kappa shape index (κ3) is 3.05. The number of nitrogens with one attached hydrogen (secondary N) is 2. The summed E-state index contributed by atoms with van der Waals surface area (Å²) in [6.45, 7) is -0.468. The Bertz CT molecular complexity index is 644. The van der Waals surface area contributed by atoms with Gasteiger partial charge in [-0.15, -0.1) is 5.10 Å². The number of hydrogen-bond donors (Lipinski definition) is 2. The highest BCUT2D eigenvalue weighted by Gasteiger charge is 2.42. The van der Waals surface area contributed by atoms with Crippen molar-refractivity contribution < 1.29 is 13.6 Å². The number of aromatic nitrogens is 3. The number of rotatable bonds is 3. The van der Waals surface area contributed by atoms with Crippen LogP contribution < -0.4 is 10.6 Å². The Balaban J connectivity index is 1.71. The molecule has 6 nitrogen and oxygen atoms in total. The van der Waals surface area contributed by atoms with E-state index in [0.29, 0.717) is 5.69 Å². The van der Waals surface area contributed by atoms with Crippen molar-refractivity contribution >= 4 is 11.6 Å². The lowest BCUT2D eigenvalue weighted by Gasteiger charge is -2.12. The van der Waals surface area contributed by atoms with Gasteiger partial charge in [0, 0.05) is 12.1 Å². The first-order valence-electron chi connectivity index (χ1n) is 6.42. The van der Waals surface area contributed by atoms with Gasteiger partial charge in [0.2, 0.25) is 5.91 Å². The molecule has 1 saturated heterocycles. The summed E-state index contributed by atoms with van der Waals surface area (Å²) in [6.07, 6.45) is 2.72. The van der Waals surface area contributed by atoms with E-state index in [9.17, 15) is 13.6 Å². The molecule has 0 radical (unpaired) electrons. The lowest BCUT2D eigenvalue weighted by Crippen LogP contribution is -2.35. The third-order valence-corrected chi connectivity index (χ3v) is 3.23. The van der Waals surface area contributed by atoms with Gasteiger partial charge < -0.3 is 5.32 Å². The Morgan fingerprint density at radius 1 is 1.48 bits per heavy atom. The number of carbonyl (C=O) groups excluding carboxylic acids is 1. The summed E-state index contributed by atoms with van der Waals surface area (Å²) in [6, 6.07) is 6.04. The Labute approximate surface area is 119 Å². The molecule has 2 aromatic rings. The zero-order chi connectivity index (χ0) is 14.9. The van der Waals surface area contributed by atoms with Crippen LogP contribution in [0.4, 0.5) is 14.5 Å². The normalized spacial score (nSPS) is 20.4. The largest absolute Gasteiger partial charge is 0.325 e. The number of benzene rings is 1. The average molecular weight is 293 g/mol. The van der Waals surface area contributed by atoms with Gasteiger partial charge in [-0.25, -0.2) is 13.5 Å². The second-order valence-corrected chi connectivity index (χ2v) is 4.88. The zero-order valence-corrected chi connectivity index (χ0v) is 11.0. The molecule has 1 aliphatic heterocycles. The van der Waals surface area contributed by atoms with E-state index < -0.39 is 30.8 Å². The standard InChI is InChI=1S/C13H13F2N5O/c14-13(15)7-11(16-8-13)12(21)18-9-2-1-3-10(6-9)20-5-4-17-19-20/h1-6,11,16H,7-8H2,(H,18,21). The molecule has 2 N–H and O–H groups in total. The predicted octanol–water partition coefficient (Wildman–Crippen LogP) is 1.20. The monoisotopic (exact) mass is 293 g/mol. The van der Waals surface area contributed by atoms with E-state index in [-0.39, 0.29) is 0 Å². The van der Waals surface area contributed by atoms with Gasteiger partial charge in [-0.1, -0.05) is 11.3 Å². The molecule has 1 aromatic heterocycles. The van der Waals surface area contributed by atoms with E-state index in [2.05, 4.69) is 20.9 Å². The lowest BCUT2D eigenvalue weighted by atomic mass is 10.1. The molecule has 21 heavy (non-hydrogen) atoms. The van der Waals surface area contributed by atoms with Crippen molar-refractivity contribution in [1.82, 2.24) is 20.3 Å². The quantitative estimate of drug-likeness (QED) is 0.892. The second-order valence-electron chi connectivity index (χ2n) is 4.88. The fraction of sp³-hybridized carbons (Fsp3) is 0.308. The molecule has 1 amide bonds. The molecule has 0 bridgehead atoms. The summed E-state index contributed by atoms with van der Waals surface area (Å²) in [5, 5.41) is 12.7. The minimum absolute atomic E-state index is 0.468. The van der Waals surface area contributed by atoms with Gasteiger partial charge in [-0.05, 0) is 18.2 Å². The Morgan fingerprint density at radius 3 is 3.00 bits per heavy atom. The first-order chi connectivity index (χ1) is 10.0. The topological polar surface area (TPSA) is 71.8 Å². The maximum absolute atomic E-state index is 13.1. The van der Waals surface area contributed by atoms with E-state index >= 15 is 0 Å². The van der Waals surface area contributed by atoms with Gasteiger partial charge in [0.25, 0.3) is 5.92 Å². The van der Waals surface area contributed by atoms with Gasteiger partial charge in [-0.3, -0.25) is 10.1 Å². The first kappa shape index (κ1) is 13.6. The molecular formula is C13H13F2N5O. The van der Waals surface area contributed by atoms with Gasteiger partial charge in [0.15, 0.2) is 0 Å². The minimum Gasteiger partial charge on any atom is -0.325 e. The van der Waals surface area contributed by atoms with Crippen LogP contribution in [0.3, 0.4) is 0 Å². The van der Waals surface area contributed by atoms with Crippen molar-refractivity contribution in [2.45, 2.75) is 18.4 Å². The molecule has 1 aliphatic rings. The Hall–Kier alpha value is -2.35. The van der Waals surface area contributed by atoms with E-state index in [0.717, 1.165) is 5.69 Å². The fourth-order valence-electron chi connectivity index (χ4n) is 2.20. The molecular weight excluding hydrogens is 280 g/mol. The fourth-order valence-corrected chi connectivity index (χ4v) is 2.20. The summed E-state index contributed by atoms with van der Waals surface area (Å²) >= 11 is 0. The van der Waals surface area contributed by atoms with Crippen LogP contribution in [0.2, 0.25) is 0 Å². The van der Waals surface area contributed by atoms with Crippen LogP contribution in [0, 0.1) is 0 Å². The zero-order valence-electron chi connectivity index (χ0n) is 11.0. The highest BCUT2D eigenvalue weighted by Crippen LogP contribution is 2.25. The van der Waals surface area contributed by atoms with Crippen molar-refractivity contribution in [2.24, 2.45) is 0 Å². The van der Waals surface area contributed by atoms with Crippen LogP contribution in [-0.2, 0) is 4.79 Å².